The van der Waals surface area contributed by atoms with Gasteiger partial charge >= 0.3 is 0 Å². The summed E-state index contributed by atoms with van der Waals surface area (Å²) in [7, 11) is 1.82. The molecule has 182 valence electrons. The van der Waals surface area contributed by atoms with Crippen LogP contribution < -0.4 is 4.74 Å². The average Bonchev–Trinajstić information content (AvgIpc) is 2.87. The summed E-state index contributed by atoms with van der Waals surface area (Å²) in [6, 6.07) is 27.0. The van der Waals surface area contributed by atoms with E-state index in [4.69, 9.17) is 16.3 Å². The molecule has 0 saturated carbocycles. The third-order valence-corrected chi connectivity index (χ3v) is 6.69. The van der Waals surface area contributed by atoms with Gasteiger partial charge in [-0.1, -0.05) is 72.3 Å². The molecule has 1 saturated heterocycles. The number of hydrogen-bond donors (Lipinski definition) is 0. The maximum atomic E-state index is 13.2. The molecule has 1 heterocycles. The summed E-state index contributed by atoms with van der Waals surface area (Å²) in [6.45, 7) is 1.65. The van der Waals surface area contributed by atoms with E-state index in [1.165, 1.54) is 0 Å². The summed E-state index contributed by atoms with van der Waals surface area (Å²) in [6.07, 6.45) is 1.18. The molecule has 0 aliphatic carbocycles. The van der Waals surface area contributed by atoms with Gasteiger partial charge in [0.1, 0.15) is 11.9 Å². The van der Waals surface area contributed by atoms with Gasteiger partial charge in [0.15, 0.2) is 0 Å². The zero-order chi connectivity index (χ0) is 24.6. The Hall–Kier alpha value is -3.31. The fourth-order valence-electron chi connectivity index (χ4n) is 4.48. The molecule has 0 radical (unpaired) electrons. The summed E-state index contributed by atoms with van der Waals surface area (Å²) in [5.74, 6) is 0.737. The smallest absolute Gasteiger partial charge is 0.227 e. The number of ether oxygens (including phenoxy) is 1. The lowest BCUT2D eigenvalue weighted by Gasteiger charge is -2.39. The summed E-state index contributed by atoms with van der Waals surface area (Å²) < 4.78 is 6.30. The number of amides is 2. The third kappa shape index (κ3) is 7.09. The van der Waals surface area contributed by atoms with E-state index < -0.39 is 0 Å². The van der Waals surface area contributed by atoms with Crippen molar-refractivity contribution in [2.75, 3.05) is 20.1 Å². The number of halogens is 1. The molecule has 3 aromatic rings. The third-order valence-electron chi connectivity index (χ3n) is 6.44. The first-order valence-corrected chi connectivity index (χ1v) is 12.4. The minimum Gasteiger partial charge on any atom is -0.490 e. The molecule has 0 spiro atoms. The van der Waals surface area contributed by atoms with Crippen molar-refractivity contribution in [3.63, 3.8) is 0 Å². The maximum absolute atomic E-state index is 13.2. The molecule has 35 heavy (non-hydrogen) atoms. The van der Waals surface area contributed by atoms with Crippen LogP contribution in [0.2, 0.25) is 5.02 Å². The second-order valence-corrected chi connectivity index (χ2v) is 9.54. The minimum absolute atomic E-state index is 0.0425. The highest BCUT2D eigenvalue weighted by Gasteiger charge is 2.35. The standard InChI is InChI=1S/C29H31ClN2O3/c1-31(20-23-10-6-3-7-11-23)28(33)19-24-21-32(29(34)18-22-8-4-2-5-9-22)17-16-27(24)35-26-14-12-25(30)13-15-26/h2-15,24,27H,16-21H2,1H3/t24-,27-/m0/s1. The van der Waals surface area contributed by atoms with E-state index in [-0.39, 0.29) is 23.8 Å². The summed E-state index contributed by atoms with van der Waals surface area (Å²) >= 11 is 6.02. The highest BCUT2D eigenvalue weighted by Crippen LogP contribution is 2.28. The van der Waals surface area contributed by atoms with Crippen molar-refractivity contribution in [3.05, 3.63) is 101 Å². The molecule has 1 aliphatic heterocycles. The molecule has 2 amide bonds. The summed E-state index contributed by atoms with van der Waals surface area (Å²) in [4.78, 5) is 29.9. The Morgan fingerprint density at radius 1 is 0.943 bits per heavy atom. The van der Waals surface area contributed by atoms with Gasteiger partial charge in [0.05, 0.1) is 6.42 Å². The van der Waals surface area contributed by atoms with Gasteiger partial charge in [-0.25, -0.2) is 0 Å². The SMILES string of the molecule is CN(Cc1ccccc1)C(=O)C[C@H]1CN(C(=O)Cc2ccccc2)CC[C@@H]1Oc1ccc(Cl)cc1. The predicted octanol–water partition coefficient (Wildman–Crippen LogP) is 5.23. The number of carbonyl (C=O) groups excluding carboxylic acids is 2. The van der Waals surface area contributed by atoms with Gasteiger partial charge in [0, 0.05) is 50.5 Å². The second-order valence-electron chi connectivity index (χ2n) is 9.10. The minimum atomic E-state index is -0.161. The number of piperidine rings is 1. The number of carbonyl (C=O) groups is 2. The van der Waals surface area contributed by atoms with E-state index in [1.807, 2.05) is 84.7 Å². The van der Waals surface area contributed by atoms with Crippen LogP contribution in [0.25, 0.3) is 0 Å². The number of likely N-dealkylation sites (tertiary alicyclic amines) is 1. The van der Waals surface area contributed by atoms with E-state index in [1.54, 1.807) is 17.0 Å². The Morgan fingerprint density at radius 3 is 2.23 bits per heavy atom. The van der Waals surface area contributed by atoms with Gasteiger partial charge in [-0.05, 0) is 35.4 Å². The first-order valence-electron chi connectivity index (χ1n) is 12.0. The van der Waals surface area contributed by atoms with E-state index in [0.717, 1.165) is 16.9 Å². The van der Waals surface area contributed by atoms with Crippen molar-refractivity contribution >= 4 is 23.4 Å². The topological polar surface area (TPSA) is 49.9 Å². The van der Waals surface area contributed by atoms with Gasteiger partial charge in [0.2, 0.25) is 11.8 Å². The zero-order valence-corrected chi connectivity index (χ0v) is 20.7. The number of benzene rings is 3. The van der Waals surface area contributed by atoms with Crippen LogP contribution in [0.15, 0.2) is 84.9 Å². The van der Waals surface area contributed by atoms with Crippen LogP contribution in [0.4, 0.5) is 0 Å². The van der Waals surface area contributed by atoms with Crippen LogP contribution in [0.1, 0.15) is 24.0 Å². The van der Waals surface area contributed by atoms with Crippen molar-refractivity contribution in [1.82, 2.24) is 9.80 Å². The lowest BCUT2D eigenvalue weighted by atomic mass is 9.90. The van der Waals surface area contributed by atoms with Crippen LogP contribution >= 0.6 is 11.6 Å². The average molecular weight is 491 g/mol. The van der Waals surface area contributed by atoms with E-state index >= 15 is 0 Å². The molecule has 4 rings (SSSR count). The zero-order valence-electron chi connectivity index (χ0n) is 20.0. The van der Waals surface area contributed by atoms with E-state index in [2.05, 4.69) is 0 Å². The molecule has 1 aliphatic rings. The fraction of sp³-hybridized carbons (Fsp3) is 0.310. The molecule has 1 fully saturated rings. The molecule has 3 aromatic carbocycles. The van der Waals surface area contributed by atoms with Gasteiger partial charge in [-0.3, -0.25) is 9.59 Å². The summed E-state index contributed by atoms with van der Waals surface area (Å²) in [5, 5.41) is 0.646. The van der Waals surface area contributed by atoms with E-state index in [9.17, 15) is 9.59 Å². The number of nitrogens with zero attached hydrogens (tertiary/aromatic N) is 2. The number of hydrogen-bond acceptors (Lipinski definition) is 3. The van der Waals surface area contributed by atoms with E-state index in [0.29, 0.717) is 43.9 Å². The largest absolute Gasteiger partial charge is 0.490 e. The molecule has 6 heteroatoms. The first-order chi connectivity index (χ1) is 17.0. The lowest BCUT2D eigenvalue weighted by Crippen LogP contribution is -2.49. The van der Waals surface area contributed by atoms with Gasteiger partial charge < -0.3 is 14.5 Å². The molecule has 5 nitrogen and oxygen atoms in total. The molecule has 0 unspecified atom stereocenters. The fourth-order valence-corrected chi connectivity index (χ4v) is 4.61. The van der Waals surface area contributed by atoms with Crippen molar-refractivity contribution in [3.8, 4) is 5.75 Å². The second kappa shape index (κ2) is 11.9. The van der Waals surface area contributed by atoms with Crippen LogP contribution in [-0.2, 0) is 22.6 Å². The molecule has 0 bridgehead atoms. The molecular weight excluding hydrogens is 460 g/mol. The van der Waals surface area contributed by atoms with Crippen molar-refractivity contribution in [2.24, 2.45) is 5.92 Å². The molecule has 0 N–H and O–H groups in total. The van der Waals surface area contributed by atoms with Gasteiger partial charge in [-0.15, -0.1) is 0 Å². The predicted molar refractivity (Wildman–Crippen MR) is 138 cm³/mol. The van der Waals surface area contributed by atoms with Crippen LogP contribution in [0, 0.1) is 5.92 Å². The van der Waals surface area contributed by atoms with Crippen molar-refractivity contribution < 1.29 is 14.3 Å². The molecular formula is C29H31ClN2O3. The van der Waals surface area contributed by atoms with Crippen LogP contribution in [0.3, 0.4) is 0 Å². The highest BCUT2D eigenvalue weighted by molar-refractivity contribution is 6.30. The number of rotatable bonds is 8. The van der Waals surface area contributed by atoms with Gasteiger partial charge in [0.25, 0.3) is 0 Å². The highest BCUT2D eigenvalue weighted by atomic mass is 35.5. The Kier molecular flexibility index (Phi) is 8.43. The van der Waals surface area contributed by atoms with Crippen molar-refractivity contribution in [1.29, 1.82) is 0 Å². The quantitative estimate of drug-likeness (QED) is 0.434. The van der Waals surface area contributed by atoms with Crippen LogP contribution in [-0.4, -0.2) is 47.9 Å². The first kappa shape index (κ1) is 24.8. The van der Waals surface area contributed by atoms with Crippen LogP contribution in [0.5, 0.6) is 5.75 Å². The Balaban J connectivity index is 1.44. The Bertz CT molecular complexity index is 1110. The normalized spacial score (nSPS) is 17.6. The Labute approximate surface area is 212 Å². The van der Waals surface area contributed by atoms with Crippen molar-refractivity contribution in [2.45, 2.75) is 31.9 Å². The summed E-state index contributed by atoms with van der Waals surface area (Å²) in [5.41, 5.74) is 2.08. The van der Waals surface area contributed by atoms with Gasteiger partial charge in [-0.2, -0.15) is 0 Å². The Morgan fingerprint density at radius 2 is 1.57 bits per heavy atom. The maximum Gasteiger partial charge on any atom is 0.227 e. The monoisotopic (exact) mass is 490 g/mol. The lowest BCUT2D eigenvalue weighted by molar-refractivity contribution is -0.138. The molecule has 0 aromatic heterocycles. The molecule has 2 atom stereocenters.